The van der Waals surface area contributed by atoms with Gasteiger partial charge in [0.15, 0.2) is 0 Å². The Morgan fingerprint density at radius 1 is 1.29 bits per heavy atom. The summed E-state index contributed by atoms with van der Waals surface area (Å²) in [6, 6.07) is 7.68. The molecule has 1 saturated heterocycles. The molecule has 3 aromatic rings. The highest BCUT2D eigenvalue weighted by Crippen LogP contribution is 2.35. The minimum absolute atomic E-state index is 0.0782. The van der Waals surface area contributed by atoms with Gasteiger partial charge in [-0.05, 0) is 37.6 Å². The molecule has 1 aromatic carbocycles. The highest BCUT2D eigenvalue weighted by Gasteiger charge is 2.23. The van der Waals surface area contributed by atoms with Gasteiger partial charge in [-0.1, -0.05) is 17.7 Å². The Morgan fingerprint density at radius 2 is 2.06 bits per heavy atom. The van der Waals surface area contributed by atoms with E-state index in [1.54, 1.807) is 0 Å². The summed E-state index contributed by atoms with van der Waals surface area (Å²) in [5.41, 5.74) is 1.95. The monoisotopic (exact) mass is 459 g/mol. The Labute approximate surface area is 191 Å². The third-order valence-corrected chi connectivity index (χ3v) is 6.80. The summed E-state index contributed by atoms with van der Waals surface area (Å²) in [5, 5.41) is 4.71. The van der Waals surface area contributed by atoms with Crippen molar-refractivity contribution in [3.63, 3.8) is 0 Å². The Morgan fingerprint density at radius 3 is 2.81 bits per heavy atom. The number of benzene rings is 1. The van der Waals surface area contributed by atoms with E-state index in [1.165, 1.54) is 11.3 Å². The second kappa shape index (κ2) is 9.38. The third-order valence-electron chi connectivity index (χ3n) is 5.38. The van der Waals surface area contributed by atoms with Crippen molar-refractivity contribution in [1.82, 2.24) is 15.3 Å². The highest BCUT2D eigenvalue weighted by molar-refractivity contribution is 7.20. The second-order valence-corrected chi connectivity index (χ2v) is 9.02. The zero-order chi connectivity index (χ0) is 22.0. The smallest absolute Gasteiger partial charge is 0.261 e. The summed E-state index contributed by atoms with van der Waals surface area (Å²) in [6.45, 7) is 8.02. The van der Waals surface area contributed by atoms with E-state index in [2.05, 4.69) is 20.1 Å². The molecule has 0 aliphatic carbocycles. The van der Waals surface area contributed by atoms with Gasteiger partial charge < -0.3 is 19.9 Å². The molecule has 31 heavy (non-hydrogen) atoms. The highest BCUT2D eigenvalue weighted by atomic mass is 35.5. The van der Waals surface area contributed by atoms with Crippen LogP contribution >= 0.6 is 22.9 Å². The molecule has 0 unspecified atom stereocenters. The molecule has 164 valence electrons. The largest absolute Gasteiger partial charge is 0.378 e. The first-order valence-corrected chi connectivity index (χ1v) is 11.5. The van der Waals surface area contributed by atoms with Crippen LogP contribution in [0.15, 0.2) is 24.3 Å². The van der Waals surface area contributed by atoms with Crippen LogP contribution in [0, 0.1) is 13.8 Å². The van der Waals surface area contributed by atoms with Crippen molar-refractivity contribution in [3.8, 4) is 0 Å². The topological polar surface area (TPSA) is 70.6 Å². The molecule has 7 nitrogen and oxygen atoms in total. The Hall–Kier alpha value is -2.42. The van der Waals surface area contributed by atoms with Crippen molar-refractivity contribution in [2.75, 3.05) is 56.2 Å². The number of hydrogen-bond acceptors (Lipinski definition) is 7. The summed E-state index contributed by atoms with van der Waals surface area (Å²) in [4.78, 5) is 28.1. The van der Waals surface area contributed by atoms with E-state index in [1.807, 2.05) is 45.2 Å². The maximum atomic E-state index is 13.0. The lowest BCUT2D eigenvalue weighted by molar-refractivity contribution is 0.0958. The molecular weight excluding hydrogens is 434 g/mol. The number of likely N-dealkylation sites (N-methyl/N-ethyl adjacent to an activating group) is 1. The number of anilines is 2. The number of carbonyl (C=O) groups is 1. The molecule has 1 aliphatic heterocycles. The predicted octanol–water partition coefficient (Wildman–Crippen LogP) is 3.66. The molecule has 0 radical (unpaired) electrons. The first-order valence-electron chi connectivity index (χ1n) is 10.3. The van der Waals surface area contributed by atoms with E-state index in [4.69, 9.17) is 21.3 Å². The number of halogens is 1. The van der Waals surface area contributed by atoms with Crippen LogP contribution in [-0.4, -0.2) is 62.3 Å². The van der Waals surface area contributed by atoms with Gasteiger partial charge in [0.05, 0.1) is 23.5 Å². The summed E-state index contributed by atoms with van der Waals surface area (Å²) < 4.78 is 5.48. The van der Waals surface area contributed by atoms with Crippen LogP contribution in [0.5, 0.6) is 0 Å². The zero-order valence-electron chi connectivity index (χ0n) is 17.9. The number of carbonyl (C=O) groups excluding carboxylic acids is 1. The number of amides is 1. The van der Waals surface area contributed by atoms with Gasteiger partial charge in [0.1, 0.15) is 16.5 Å². The average molecular weight is 460 g/mol. The first kappa shape index (κ1) is 21.8. The van der Waals surface area contributed by atoms with Gasteiger partial charge in [-0.15, -0.1) is 11.3 Å². The predicted molar refractivity (Wildman–Crippen MR) is 127 cm³/mol. The van der Waals surface area contributed by atoms with Crippen LogP contribution in [-0.2, 0) is 4.74 Å². The number of rotatable bonds is 6. The lowest BCUT2D eigenvalue weighted by atomic mass is 10.2. The lowest BCUT2D eigenvalue weighted by Crippen LogP contribution is -2.37. The van der Waals surface area contributed by atoms with Gasteiger partial charge in [-0.2, -0.15) is 0 Å². The van der Waals surface area contributed by atoms with E-state index < -0.39 is 0 Å². The number of ether oxygens (including phenoxy) is 1. The maximum Gasteiger partial charge on any atom is 0.261 e. The zero-order valence-corrected chi connectivity index (χ0v) is 19.5. The van der Waals surface area contributed by atoms with Crippen LogP contribution < -0.4 is 15.1 Å². The van der Waals surface area contributed by atoms with Gasteiger partial charge in [0, 0.05) is 43.9 Å². The number of aromatic nitrogens is 2. The SMILES string of the molecule is Cc1nc(N2CCOCC2)c2c(C)c(C(=O)NCCN(C)c3cccc(Cl)c3)sc2n1. The van der Waals surface area contributed by atoms with Crippen molar-refractivity contribution >= 4 is 50.6 Å². The first-order chi connectivity index (χ1) is 14.9. The minimum atomic E-state index is -0.0782. The lowest BCUT2D eigenvalue weighted by Gasteiger charge is -2.28. The number of hydrogen-bond donors (Lipinski definition) is 1. The van der Waals surface area contributed by atoms with Crippen LogP contribution in [0.25, 0.3) is 10.2 Å². The summed E-state index contributed by atoms with van der Waals surface area (Å²) in [5.74, 6) is 1.54. The fourth-order valence-corrected chi connectivity index (χ4v) is 5.02. The van der Waals surface area contributed by atoms with Crippen molar-refractivity contribution in [3.05, 3.63) is 45.6 Å². The van der Waals surface area contributed by atoms with Gasteiger partial charge >= 0.3 is 0 Å². The van der Waals surface area contributed by atoms with Crippen molar-refractivity contribution in [2.45, 2.75) is 13.8 Å². The van der Waals surface area contributed by atoms with Crippen LogP contribution in [0.1, 0.15) is 21.1 Å². The molecule has 9 heteroatoms. The number of nitrogens with one attached hydrogen (secondary N) is 1. The molecule has 1 N–H and O–H groups in total. The standard InChI is InChI=1S/C22H26ClN5O2S/c1-14-18-20(28-9-11-30-12-10-28)25-15(2)26-22(18)31-19(14)21(29)24-7-8-27(3)17-6-4-5-16(23)13-17/h4-6,13H,7-12H2,1-3H3,(H,24,29). The molecule has 1 amide bonds. The normalized spacial score (nSPS) is 14.1. The Kier molecular flexibility index (Phi) is 6.60. The maximum absolute atomic E-state index is 13.0. The number of thiophene rings is 1. The van der Waals surface area contributed by atoms with Gasteiger partial charge in [-0.3, -0.25) is 4.79 Å². The van der Waals surface area contributed by atoms with E-state index in [0.717, 1.165) is 40.4 Å². The molecule has 2 aromatic heterocycles. The summed E-state index contributed by atoms with van der Waals surface area (Å²) >= 11 is 7.50. The Bertz CT molecular complexity index is 1100. The fourth-order valence-electron chi connectivity index (χ4n) is 3.70. The van der Waals surface area contributed by atoms with Gasteiger partial charge in [0.2, 0.25) is 0 Å². The molecular formula is C22H26ClN5O2S. The summed E-state index contributed by atoms with van der Waals surface area (Å²) in [6.07, 6.45) is 0. The molecule has 0 bridgehead atoms. The fraction of sp³-hybridized carbons (Fsp3) is 0.409. The third kappa shape index (κ3) is 4.76. The molecule has 0 saturated carbocycles. The quantitative estimate of drug-likeness (QED) is 0.606. The average Bonchev–Trinajstić information content (AvgIpc) is 3.10. The van der Waals surface area contributed by atoms with Crippen molar-refractivity contribution < 1.29 is 9.53 Å². The van der Waals surface area contributed by atoms with Gasteiger partial charge in [-0.25, -0.2) is 9.97 Å². The number of morpholine rings is 1. The van der Waals surface area contributed by atoms with E-state index >= 15 is 0 Å². The molecule has 3 heterocycles. The molecule has 1 fully saturated rings. The number of aryl methyl sites for hydroxylation is 2. The van der Waals surface area contributed by atoms with Crippen LogP contribution in [0.2, 0.25) is 5.02 Å². The molecule has 4 rings (SSSR count). The molecule has 0 atom stereocenters. The number of nitrogens with zero attached hydrogens (tertiary/aromatic N) is 4. The Balaban J connectivity index is 1.50. The van der Waals surface area contributed by atoms with E-state index in [0.29, 0.717) is 42.0 Å². The van der Waals surface area contributed by atoms with Crippen molar-refractivity contribution in [1.29, 1.82) is 0 Å². The molecule has 0 spiro atoms. The van der Waals surface area contributed by atoms with E-state index in [9.17, 15) is 4.79 Å². The second-order valence-electron chi connectivity index (χ2n) is 7.59. The van der Waals surface area contributed by atoms with E-state index in [-0.39, 0.29) is 5.91 Å². The van der Waals surface area contributed by atoms with Crippen molar-refractivity contribution in [2.24, 2.45) is 0 Å². The summed E-state index contributed by atoms with van der Waals surface area (Å²) in [7, 11) is 1.98. The van der Waals surface area contributed by atoms with Crippen LogP contribution in [0.3, 0.4) is 0 Å². The molecule has 1 aliphatic rings. The van der Waals surface area contributed by atoms with Gasteiger partial charge in [0.25, 0.3) is 5.91 Å². The number of fused-ring (bicyclic) bond motifs is 1. The van der Waals surface area contributed by atoms with Crippen LogP contribution in [0.4, 0.5) is 11.5 Å². The minimum Gasteiger partial charge on any atom is -0.378 e.